The van der Waals surface area contributed by atoms with Gasteiger partial charge in [-0.1, -0.05) is 12.8 Å². The number of carbonyl (C=O) groups is 1. The molecule has 0 bridgehead atoms. The van der Waals surface area contributed by atoms with Gasteiger partial charge in [0.15, 0.2) is 0 Å². The lowest BCUT2D eigenvalue weighted by Crippen LogP contribution is -2.33. The molecule has 2 atom stereocenters. The first kappa shape index (κ1) is 13.3. The summed E-state index contributed by atoms with van der Waals surface area (Å²) >= 11 is 0. The van der Waals surface area contributed by atoms with Gasteiger partial charge >= 0.3 is 0 Å². The van der Waals surface area contributed by atoms with Crippen molar-refractivity contribution < 1.29 is 4.79 Å². The molecule has 2 N–H and O–H groups in total. The number of carbonyl (C=O) groups excluding carboxylic acids is 1. The third-order valence-electron chi connectivity index (χ3n) is 4.01. The molecule has 1 saturated carbocycles. The van der Waals surface area contributed by atoms with Crippen LogP contribution >= 0.6 is 0 Å². The first-order chi connectivity index (χ1) is 8.74. The number of nitrogens with zero attached hydrogens (tertiary/aromatic N) is 2. The number of Topliss-reactive ketones (excluding diaryl/α,β-unsaturated/α-hetero) is 1. The van der Waals surface area contributed by atoms with E-state index in [2.05, 4.69) is 5.10 Å². The average molecular weight is 249 g/mol. The zero-order valence-electron chi connectivity index (χ0n) is 11.1. The molecular weight excluding hydrogens is 226 g/mol. The number of rotatable bonds is 5. The van der Waals surface area contributed by atoms with E-state index in [0.29, 0.717) is 24.7 Å². The second-order valence-electron chi connectivity index (χ2n) is 5.23. The highest BCUT2D eigenvalue weighted by Crippen LogP contribution is 2.30. The van der Waals surface area contributed by atoms with Gasteiger partial charge in [-0.3, -0.25) is 9.48 Å². The minimum Gasteiger partial charge on any atom is -0.330 e. The number of hydrogen-bond donors (Lipinski definition) is 1. The fourth-order valence-corrected chi connectivity index (χ4v) is 2.92. The summed E-state index contributed by atoms with van der Waals surface area (Å²) in [6, 6.07) is 0. The summed E-state index contributed by atoms with van der Waals surface area (Å²) in [7, 11) is 0. The standard InChI is InChI=1S/C14H23N3O/c1-2-17-10-11(9-16-17)7-14(18)13-6-4-3-5-12(13)8-15/h9-10,12-13H,2-8,15H2,1H3. The van der Waals surface area contributed by atoms with Crippen LogP contribution in [0.5, 0.6) is 0 Å². The minimum atomic E-state index is 0.175. The summed E-state index contributed by atoms with van der Waals surface area (Å²) in [5, 5.41) is 4.21. The summed E-state index contributed by atoms with van der Waals surface area (Å²) in [6.07, 6.45) is 8.81. The summed E-state index contributed by atoms with van der Waals surface area (Å²) in [4.78, 5) is 12.3. The highest BCUT2D eigenvalue weighted by Gasteiger charge is 2.29. The summed E-state index contributed by atoms with van der Waals surface area (Å²) in [5.74, 6) is 0.919. The number of hydrogen-bond acceptors (Lipinski definition) is 3. The first-order valence-corrected chi connectivity index (χ1v) is 6.98. The van der Waals surface area contributed by atoms with E-state index in [-0.39, 0.29) is 5.92 Å². The van der Waals surface area contributed by atoms with Crippen LogP contribution in [0, 0.1) is 11.8 Å². The van der Waals surface area contributed by atoms with Gasteiger partial charge in [-0.2, -0.15) is 5.10 Å². The van der Waals surface area contributed by atoms with Crippen molar-refractivity contribution in [1.82, 2.24) is 9.78 Å². The van der Waals surface area contributed by atoms with Crippen LogP contribution in [0.15, 0.2) is 12.4 Å². The highest BCUT2D eigenvalue weighted by molar-refractivity contribution is 5.83. The average Bonchev–Trinajstić information content (AvgIpc) is 2.86. The fraction of sp³-hybridized carbons (Fsp3) is 0.714. The molecule has 1 fully saturated rings. The Bertz CT molecular complexity index is 399. The van der Waals surface area contributed by atoms with Crippen molar-refractivity contribution in [2.45, 2.75) is 45.6 Å². The SMILES string of the molecule is CCn1cc(CC(=O)C2CCCCC2CN)cn1. The van der Waals surface area contributed by atoms with Crippen LogP contribution in [0.25, 0.3) is 0 Å². The van der Waals surface area contributed by atoms with Crippen molar-refractivity contribution in [3.8, 4) is 0 Å². The van der Waals surface area contributed by atoms with Gasteiger partial charge in [0, 0.05) is 25.1 Å². The molecule has 2 unspecified atom stereocenters. The number of aromatic nitrogens is 2. The van der Waals surface area contributed by atoms with Gasteiger partial charge in [0.25, 0.3) is 0 Å². The summed E-state index contributed by atoms with van der Waals surface area (Å²) in [6.45, 7) is 3.54. The largest absolute Gasteiger partial charge is 0.330 e. The molecule has 0 saturated heterocycles. The van der Waals surface area contributed by atoms with Crippen molar-refractivity contribution in [3.05, 3.63) is 18.0 Å². The molecule has 0 amide bonds. The monoisotopic (exact) mass is 249 g/mol. The van der Waals surface area contributed by atoms with E-state index >= 15 is 0 Å². The Morgan fingerprint density at radius 2 is 2.28 bits per heavy atom. The molecule has 2 rings (SSSR count). The summed E-state index contributed by atoms with van der Waals surface area (Å²) < 4.78 is 1.86. The molecule has 4 heteroatoms. The van der Waals surface area contributed by atoms with E-state index in [1.165, 1.54) is 12.8 Å². The molecule has 1 aromatic heterocycles. The van der Waals surface area contributed by atoms with Gasteiger partial charge in [0.05, 0.1) is 6.20 Å². The first-order valence-electron chi connectivity index (χ1n) is 6.98. The van der Waals surface area contributed by atoms with E-state index in [4.69, 9.17) is 5.73 Å². The molecule has 0 aromatic carbocycles. The van der Waals surface area contributed by atoms with Crippen molar-refractivity contribution in [1.29, 1.82) is 0 Å². The van der Waals surface area contributed by atoms with E-state index in [1.54, 1.807) is 0 Å². The normalized spacial score (nSPS) is 24.1. The van der Waals surface area contributed by atoms with Crippen LogP contribution in [0.4, 0.5) is 0 Å². The maximum absolute atomic E-state index is 12.3. The third-order valence-corrected chi connectivity index (χ3v) is 4.01. The Labute approximate surface area is 109 Å². The zero-order chi connectivity index (χ0) is 13.0. The predicted molar refractivity (Wildman–Crippen MR) is 71.1 cm³/mol. The Balaban J connectivity index is 1.97. The van der Waals surface area contributed by atoms with E-state index in [9.17, 15) is 4.79 Å². The lowest BCUT2D eigenvalue weighted by molar-refractivity contribution is -0.124. The van der Waals surface area contributed by atoms with Crippen LogP contribution in [-0.2, 0) is 17.8 Å². The number of nitrogens with two attached hydrogens (primary N) is 1. The number of ketones is 1. The molecular formula is C14H23N3O. The summed E-state index contributed by atoms with van der Waals surface area (Å²) in [5.41, 5.74) is 6.81. The highest BCUT2D eigenvalue weighted by atomic mass is 16.1. The predicted octanol–water partition coefficient (Wildman–Crippen LogP) is 1.78. The van der Waals surface area contributed by atoms with E-state index in [0.717, 1.165) is 24.9 Å². The maximum atomic E-state index is 12.3. The Morgan fingerprint density at radius 1 is 1.50 bits per heavy atom. The molecule has 0 spiro atoms. The molecule has 18 heavy (non-hydrogen) atoms. The van der Waals surface area contributed by atoms with Crippen molar-refractivity contribution in [2.75, 3.05) is 6.54 Å². The zero-order valence-corrected chi connectivity index (χ0v) is 11.1. The topological polar surface area (TPSA) is 60.9 Å². The van der Waals surface area contributed by atoms with E-state index in [1.807, 2.05) is 24.0 Å². The molecule has 1 aromatic rings. The van der Waals surface area contributed by atoms with Crippen molar-refractivity contribution in [3.63, 3.8) is 0 Å². The van der Waals surface area contributed by atoms with Gasteiger partial charge in [-0.25, -0.2) is 0 Å². The van der Waals surface area contributed by atoms with Crippen molar-refractivity contribution >= 4 is 5.78 Å². The Kier molecular flexibility index (Phi) is 4.53. The van der Waals surface area contributed by atoms with E-state index < -0.39 is 0 Å². The van der Waals surface area contributed by atoms with Crippen LogP contribution in [0.3, 0.4) is 0 Å². The second-order valence-corrected chi connectivity index (χ2v) is 5.23. The number of aryl methyl sites for hydroxylation is 1. The quantitative estimate of drug-likeness (QED) is 0.865. The van der Waals surface area contributed by atoms with Crippen LogP contribution in [-0.4, -0.2) is 22.1 Å². The Hall–Kier alpha value is -1.16. The minimum absolute atomic E-state index is 0.175. The Morgan fingerprint density at radius 3 is 2.94 bits per heavy atom. The molecule has 0 radical (unpaired) electrons. The molecule has 1 aliphatic rings. The van der Waals surface area contributed by atoms with Crippen molar-refractivity contribution in [2.24, 2.45) is 17.6 Å². The van der Waals surface area contributed by atoms with Gasteiger partial charge < -0.3 is 5.73 Å². The van der Waals surface area contributed by atoms with Gasteiger partial charge in [0.1, 0.15) is 5.78 Å². The van der Waals surface area contributed by atoms with Crippen LogP contribution < -0.4 is 5.73 Å². The lowest BCUT2D eigenvalue weighted by Gasteiger charge is -2.29. The van der Waals surface area contributed by atoms with Gasteiger partial charge in [0.2, 0.25) is 0 Å². The van der Waals surface area contributed by atoms with Crippen LogP contribution in [0.1, 0.15) is 38.2 Å². The lowest BCUT2D eigenvalue weighted by atomic mass is 9.76. The molecule has 0 aliphatic heterocycles. The maximum Gasteiger partial charge on any atom is 0.140 e. The second kappa shape index (κ2) is 6.14. The third kappa shape index (κ3) is 2.99. The molecule has 1 aliphatic carbocycles. The molecule has 4 nitrogen and oxygen atoms in total. The molecule has 100 valence electrons. The van der Waals surface area contributed by atoms with Crippen LogP contribution in [0.2, 0.25) is 0 Å². The van der Waals surface area contributed by atoms with Gasteiger partial charge in [-0.15, -0.1) is 0 Å². The molecule has 1 heterocycles. The van der Waals surface area contributed by atoms with Gasteiger partial charge in [-0.05, 0) is 37.8 Å². The fourth-order valence-electron chi connectivity index (χ4n) is 2.92. The smallest absolute Gasteiger partial charge is 0.140 e.